The maximum absolute atomic E-state index is 14.1. The lowest BCUT2D eigenvalue weighted by Crippen LogP contribution is -2.44. The Morgan fingerprint density at radius 2 is 1.85 bits per heavy atom. The molecule has 144 valence electrons. The van der Waals surface area contributed by atoms with Crippen molar-refractivity contribution in [2.45, 2.75) is 12.5 Å². The van der Waals surface area contributed by atoms with Crippen LogP contribution in [-0.4, -0.2) is 32.6 Å². The second-order valence-electron chi connectivity index (χ2n) is 5.90. The number of amides is 2. The molecule has 0 aromatic heterocycles. The van der Waals surface area contributed by atoms with Crippen LogP contribution in [-0.2, 0) is 19.9 Å². The largest absolute Gasteiger partial charge is 0.495 e. The fraction of sp³-hybridized carbons (Fsp3) is 0.263. The number of hydrogen-bond donors (Lipinski definition) is 2. The summed E-state index contributed by atoms with van der Waals surface area (Å²) in [7, 11) is 2.83. The number of halogens is 2. The van der Waals surface area contributed by atoms with Crippen molar-refractivity contribution < 1.29 is 23.5 Å². The quantitative estimate of drug-likeness (QED) is 0.738. The van der Waals surface area contributed by atoms with Crippen LogP contribution in [0.4, 0.5) is 10.1 Å². The summed E-state index contributed by atoms with van der Waals surface area (Å²) in [6, 6.07) is 10.7. The van der Waals surface area contributed by atoms with Gasteiger partial charge >= 0.3 is 11.8 Å². The molecule has 6 nitrogen and oxygen atoms in total. The lowest BCUT2D eigenvalue weighted by molar-refractivity contribution is -0.137. The van der Waals surface area contributed by atoms with Crippen LogP contribution < -0.4 is 15.4 Å². The molecule has 2 N–H and O–H groups in total. The third kappa shape index (κ3) is 4.96. The van der Waals surface area contributed by atoms with Crippen LogP contribution >= 0.6 is 11.6 Å². The highest BCUT2D eigenvalue weighted by atomic mass is 35.5. The molecule has 8 heteroatoms. The van der Waals surface area contributed by atoms with Crippen LogP contribution in [0.2, 0.25) is 5.02 Å². The van der Waals surface area contributed by atoms with Crippen LogP contribution in [0.5, 0.6) is 5.75 Å². The Balaban J connectivity index is 2.07. The van der Waals surface area contributed by atoms with Gasteiger partial charge in [0, 0.05) is 17.7 Å². The van der Waals surface area contributed by atoms with E-state index in [0.29, 0.717) is 10.8 Å². The number of benzene rings is 2. The van der Waals surface area contributed by atoms with Gasteiger partial charge < -0.3 is 20.1 Å². The van der Waals surface area contributed by atoms with Crippen molar-refractivity contribution in [3.05, 3.63) is 58.9 Å². The molecule has 0 saturated carbocycles. The molecule has 2 aromatic rings. The Bertz CT molecular complexity index is 846. The molecule has 0 bridgehead atoms. The second-order valence-corrected chi connectivity index (χ2v) is 6.33. The predicted octanol–water partition coefficient (Wildman–Crippen LogP) is 3.10. The van der Waals surface area contributed by atoms with E-state index < -0.39 is 23.2 Å². The van der Waals surface area contributed by atoms with Crippen molar-refractivity contribution in [3.8, 4) is 5.75 Å². The lowest BCUT2D eigenvalue weighted by atomic mass is 9.95. The molecule has 1 unspecified atom stereocenters. The average Bonchev–Trinajstić information content (AvgIpc) is 2.66. The Morgan fingerprint density at radius 1 is 1.15 bits per heavy atom. The molecule has 2 amide bonds. The fourth-order valence-corrected chi connectivity index (χ4v) is 2.63. The van der Waals surface area contributed by atoms with E-state index in [1.54, 1.807) is 37.3 Å². The summed E-state index contributed by atoms with van der Waals surface area (Å²) in [5.41, 5.74) is -0.617. The summed E-state index contributed by atoms with van der Waals surface area (Å²) in [6.45, 7) is 1.51. The van der Waals surface area contributed by atoms with Crippen molar-refractivity contribution in [2.75, 3.05) is 26.1 Å². The van der Waals surface area contributed by atoms with Crippen LogP contribution in [0.25, 0.3) is 0 Å². The van der Waals surface area contributed by atoms with Crippen LogP contribution in [0.1, 0.15) is 12.5 Å². The standard InChI is InChI=1S/C19H20ClFN2O4/c1-19(27-3,13-6-4-5-7-14(13)21)11-22-17(24)18(25)23-15-10-12(20)8-9-16(15)26-2/h4-10H,11H2,1-3H3,(H,22,24)(H,23,25). The van der Waals surface area contributed by atoms with Crippen LogP contribution in [0.3, 0.4) is 0 Å². The monoisotopic (exact) mass is 394 g/mol. The number of carbonyl (C=O) groups is 2. The highest BCUT2D eigenvalue weighted by molar-refractivity contribution is 6.40. The molecule has 0 spiro atoms. The van der Waals surface area contributed by atoms with Gasteiger partial charge in [0.15, 0.2) is 0 Å². The number of methoxy groups -OCH3 is 2. The first-order valence-corrected chi connectivity index (χ1v) is 8.41. The molecule has 0 aliphatic heterocycles. The Kier molecular flexibility index (Phi) is 6.76. The van der Waals surface area contributed by atoms with Gasteiger partial charge in [-0.2, -0.15) is 0 Å². The molecule has 0 aliphatic carbocycles. The average molecular weight is 395 g/mol. The smallest absolute Gasteiger partial charge is 0.313 e. The fourth-order valence-electron chi connectivity index (χ4n) is 2.45. The van der Waals surface area contributed by atoms with E-state index in [4.69, 9.17) is 21.1 Å². The second kappa shape index (κ2) is 8.83. The summed E-state index contributed by atoms with van der Waals surface area (Å²) in [6.07, 6.45) is 0. The van der Waals surface area contributed by atoms with E-state index in [1.807, 2.05) is 0 Å². The number of ether oxygens (including phenoxy) is 2. The van der Waals surface area contributed by atoms with E-state index in [2.05, 4.69) is 10.6 Å². The topological polar surface area (TPSA) is 76.7 Å². The van der Waals surface area contributed by atoms with Gasteiger partial charge in [0.2, 0.25) is 0 Å². The third-order valence-electron chi connectivity index (χ3n) is 4.10. The number of carbonyl (C=O) groups excluding carboxylic acids is 2. The number of anilines is 1. The number of nitrogens with one attached hydrogen (secondary N) is 2. The molecular weight excluding hydrogens is 375 g/mol. The van der Waals surface area contributed by atoms with Crippen molar-refractivity contribution >= 4 is 29.1 Å². The van der Waals surface area contributed by atoms with E-state index in [0.717, 1.165) is 0 Å². The molecule has 0 fully saturated rings. The van der Waals surface area contributed by atoms with Gasteiger partial charge in [-0.05, 0) is 31.2 Å². The zero-order chi connectivity index (χ0) is 20.0. The molecule has 2 rings (SSSR count). The van der Waals surface area contributed by atoms with Crippen LogP contribution in [0, 0.1) is 5.82 Å². The van der Waals surface area contributed by atoms with Gasteiger partial charge in [-0.1, -0.05) is 29.8 Å². The molecule has 0 saturated heterocycles. The number of hydrogen-bond acceptors (Lipinski definition) is 4. The van der Waals surface area contributed by atoms with Crippen LogP contribution in [0.15, 0.2) is 42.5 Å². The van der Waals surface area contributed by atoms with Crippen molar-refractivity contribution in [1.29, 1.82) is 0 Å². The maximum Gasteiger partial charge on any atom is 0.313 e. The van der Waals surface area contributed by atoms with E-state index in [9.17, 15) is 14.0 Å². The molecule has 0 heterocycles. The SMILES string of the molecule is COc1ccc(Cl)cc1NC(=O)C(=O)NCC(C)(OC)c1ccccc1F. The molecular formula is C19H20ClFN2O4. The van der Waals surface area contributed by atoms with Gasteiger partial charge in [-0.3, -0.25) is 9.59 Å². The first-order valence-electron chi connectivity index (χ1n) is 8.03. The van der Waals surface area contributed by atoms with Gasteiger partial charge in [-0.25, -0.2) is 4.39 Å². The van der Waals surface area contributed by atoms with Gasteiger partial charge in [0.25, 0.3) is 0 Å². The molecule has 27 heavy (non-hydrogen) atoms. The molecule has 1 atom stereocenters. The first kappa shape index (κ1) is 20.7. The Morgan fingerprint density at radius 3 is 2.48 bits per heavy atom. The van der Waals surface area contributed by atoms with Gasteiger partial charge in [0.05, 0.1) is 19.3 Å². The van der Waals surface area contributed by atoms with E-state index >= 15 is 0 Å². The first-order chi connectivity index (χ1) is 12.8. The summed E-state index contributed by atoms with van der Waals surface area (Å²) in [5, 5.41) is 5.26. The lowest BCUT2D eigenvalue weighted by Gasteiger charge is -2.29. The van der Waals surface area contributed by atoms with Crippen molar-refractivity contribution in [1.82, 2.24) is 5.32 Å². The van der Waals surface area contributed by atoms with Crippen molar-refractivity contribution in [2.24, 2.45) is 0 Å². The zero-order valence-electron chi connectivity index (χ0n) is 15.1. The molecule has 0 aliphatic rings. The maximum atomic E-state index is 14.1. The van der Waals surface area contributed by atoms with E-state index in [-0.39, 0.29) is 17.8 Å². The summed E-state index contributed by atoms with van der Waals surface area (Å²) in [5.74, 6) is -1.93. The predicted molar refractivity (Wildman–Crippen MR) is 100 cm³/mol. The minimum absolute atomic E-state index is 0.108. The summed E-state index contributed by atoms with van der Waals surface area (Å²) < 4.78 is 24.6. The molecule has 2 aromatic carbocycles. The summed E-state index contributed by atoms with van der Waals surface area (Å²) >= 11 is 5.90. The Hall–Kier alpha value is -2.64. The molecule has 0 radical (unpaired) electrons. The minimum atomic E-state index is -1.14. The Labute approximate surface area is 161 Å². The van der Waals surface area contributed by atoms with Gasteiger partial charge in [-0.15, -0.1) is 0 Å². The summed E-state index contributed by atoms with van der Waals surface area (Å²) in [4.78, 5) is 24.3. The van der Waals surface area contributed by atoms with Gasteiger partial charge in [0.1, 0.15) is 17.2 Å². The third-order valence-corrected chi connectivity index (χ3v) is 4.33. The zero-order valence-corrected chi connectivity index (χ0v) is 15.9. The minimum Gasteiger partial charge on any atom is -0.495 e. The normalized spacial score (nSPS) is 12.8. The highest BCUT2D eigenvalue weighted by Gasteiger charge is 2.30. The van der Waals surface area contributed by atoms with Crippen molar-refractivity contribution in [3.63, 3.8) is 0 Å². The number of rotatable bonds is 6. The van der Waals surface area contributed by atoms with E-state index in [1.165, 1.54) is 26.4 Å². The highest BCUT2D eigenvalue weighted by Crippen LogP contribution is 2.28.